The van der Waals surface area contributed by atoms with Gasteiger partial charge in [-0.25, -0.2) is 13.8 Å². The molecule has 6 nitrogen and oxygen atoms in total. The summed E-state index contributed by atoms with van der Waals surface area (Å²) in [6, 6.07) is 1.92. The number of hydrogen-bond acceptors (Lipinski definition) is 5. The number of pyridine rings is 1. The molecule has 2 atom stereocenters. The average molecular weight is 564 g/mol. The van der Waals surface area contributed by atoms with Crippen LogP contribution in [0.15, 0.2) is 12.1 Å². The van der Waals surface area contributed by atoms with Gasteiger partial charge in [0.05, 0.1) is 16.8 Å². The van der Waals surface area contributed by atoms with Gasteiger partial charge in [0.2, 0.25) is 0 Å². The van der Waals surface area contributed by atoms with Crippen LogP contribution in [0.1, 0.15) is 61.5 Å². The van der Waals surface area contributed by atoms with E-state index in [1.54, 1.807) is 0 Å². The number of alkyl halides is 3. The summed E-state index contributed by atoms with van der Waals surface area (Å²) in [5, 5.41) is 4.20. The van der Waals surface area contributed by atoms with Gasteiger partial charge in [-0.05, 0) is 75.3 Å². The van der Waals surface area contributed by atoms with Gasteiger partial charge in [0.1, 0.15) is 5.69 Å². The van der Waals surface area contributed by atoms with Crippen LogP contribution in [0, 0.1) is 23.5 Å². The summed E-state index contributed by atoms with van der Waals surface area (Å²) < 4.78 is 77.9. The predicted molar refractivity (Wildman–Crippen MR) is 143 cm³/mol. The Morgan fingerprint density at radius 3 is 2.40 bits per heavy atom. The third-order valence-electron chi connectivity index (χ3n) is 8.47. The van der Waals surface area contributed by atoms with Crippen molar-refractivity contribution >= 4 is 16.6 Å². The maximum Gasteiger partial charge on any atom is 0.573 e. The van der Waals surface area contributed by atoms with E-state index in [1.807, 2.05) is 27.9 Å². The highest BCUT2D eigenvalue weighted by Crippen LogP contribution is 2.60. The Hall–Kier alpha value is -2.92. The van der Waals surface area contributed by atoms with Gasteiger partial charge in [-0.3, -0.25) is 0 Å². The first-order chi connectivity index (χ1) is 18.9. The Morgan fingerprint density at radius 2 is 1.82 bits per heavy atom. The molecule has 1 saturated heterocycles. The van der Waals surface area contributed by atoms with Crippen LogP contribution in [0.5, 0.6) is 5.75 Å². The van der Waals surface area contributed by atoms with Gasteiger partial charge < -0.3 is 25.3 Å². The molecule has 3 fully saturated rings. The van der Waals surface area contributed by atoms with Gasteiger partial charge >= 0.3 is 6.36 Å². The maximum absolute atomic E-state index is 16.9. The van der Waals surface area contributed by atoms with Gasteiger partial charge in [0, 0.05) is 41.8 Å². The summed E-state index contributed by atoms with van der Waals surface area (Å²) in [5.74, 6) is -2.20. The number of nitrogens with one attached hydrogen (secondary N) is 1. The highest BCUT2D eigenvalue weighted by atomic mass is 19.4. The van der Waals surface area contributed by atoms with Crippen molar-refractivity contribution in [3.63, 3.8) is 0 Å². The third-order valence-corrected chi connectivity index (χ3v) is 8.47. The lowest BCUT2D eigenvalue weighted by molar-refractivity contribution is -0.275. The van der Waals surface area contributed by atoms with Crippen LogP contribution in [-0.4, -0.2) is 54.5 Å². The number of hydrogen-bond donors (Lipinski definition) is 2. The van der Waals surface area contributed by atoms with Crippen LogP contribution < -0.4 is 15.8 Å². The van der Waals surface area contributed by atoms with Gasteiger partial charge in [0.15, 0.2) is 17.4 Å². The predicted octanol–water partition coefficient (Wildman–Crippen LogP) is 5.96. The van der Waals surface area contributed by atoms with Crippen molar-refractivity contribution < 1.29 is 26.7 Å². The van der Waals surface area contributed by atoms with Crippen molar-refractivity contribution in [2.75, 3.05) is 39.5 Å². The lowest BCUT2D eigenvalue weighted by Gasteiger charge is -2.18. The molecule has 3 heterocycles. The van der Waals surface area contributed by atoms with Crippen LogP contribution in [0.2, 0.25) is 0 Å². The third kappa shape index (κ3) is 4.60. The molecule has 0 spiro atoms. The molecule has 2 unspecified atom stereocenters. The standard InChI is InChI=1S/C29H34F5N5O/c1-13(2)25-23-22(21-17-11-36-12-18(17)21)20(7-8-38(3)4)39(15-5-6-15)27(23)24(31)26(37-25)16-9-14(35)10-19(30)28(16)40-29(32,33)34/h9-10,13,15,17-18,21,36H,5-8,11-12,35H2,1-4H3. The summed E-state index contributed by atoms with van der Waals surface area (Å²) in [6.07, 6.45) is -2.70. The summed E-state index contributed by atoms with van der Waals surface area (Å²) in [5.41, 5.74) is 7.98. The molecule has 3 N–H and O–H groups in total. The number of anilines is 1. The number of nitrogens with zero attached hydrogens (tertiary/aromatic N) is 3. The number of aromatic nitrogens is 2. The van der Waals surface area contributed by atoms with Crippen molar-refractivity contribution in [1.82, 2.24) is 19.8 Å². The number of fused-ring (bicyclic) bond motifs is 2. The number of piperidine rings is 1. The highest BCUT2D eigenvalue weighted by molar-refractivity contribution is 5.93. The molecule has 216 valence electrons. The average Bonchev–Trinajstić information content (AvgIpc) is 3.73. The lowest BCUT2D eigenvalue weighted by Crippen LogP contribution is -2.19. The molecule has 2 aromatic heterocycles. The van der Waals surface area contributed by atoms with Crippen molar-refractivity contribution in [2.45, 2.75) is 57.3 Å². The fraction of sp³-hybridized carbons (Fsp3) is 0.552. The topological polar surface area (TPSA) is 68.3 Å². The molecule has 3 aromatic rings. The van der Waals surface area contributed by atoms with E-state index in [9.17, 15) is 17.6 Å². The zero-order valence-electron chi connectivity index (χ0n) is 23.0. The molecule has 2 aliphatic carbocycles. The van der Waals surface area contributed by atoms with Crippen LogP contribution in [0.4, 0.5) is 27.6 Å². The Labute approximate surface area is 229 Å². The monoisotopic (exact) mass is 563 g/mol. The SMILES string of the molecule is CC(C)c1nc(-c2cc(N)cc(F)c2OC(F)(F)F)c(F)c2c1c(C1C3CNCC31)c(CCN(C)C)n2C1CC1. The number of likely N-dealkylation sites (N-methyl/N-ethyl adjacent to an activating group) is 1. The molecule has 11 heteroatoms. The fourth-order valence-electron chi connectivity index (χ4n) is 6.60. The van der Waals surface area contributed by atoms with E-state index >= 15 is 4.39 Å². The highest BCUT2D eigenvalue weighted by Gasteiger charge is 2.56. The Morgan fingerprint density at radius 1 is 1.15 bits per heavy atom. The molecule has 40 heavy (non-hydrogen) atoms. The smallest absolute Gasteiger partial charge is 0.402 e. The van der Waals surface area contributed by atoms with E-state index in [4.69, 9.17) is 5.73 Å². The van der Waals surface area contributed by atoms with Crippen molar-refractivity contribution in [1.29, 1.82) is 0 Å². The first kappa shape index (κ1) is 27.3. The minimum Gasteiger partial charge on any atom is -0.402 e. The quantitative estimate of drug-likeness (QED) is 0.262. The van der Waals surface area contributed by atoms with Crippen LogP contribution >= 0.6 is 0 Å². The van der Waals surface area contributed by atoms with Crippen LogP contribution in [0.3, 0.4) is 0 Å². The van der Waals surface area contributed by atoms with Crippen LogP contribution in [0.25, 0.3) is 22.2 Å². The van der Waals surface area contributed by atoms with Gasteiger partial charge in [-0.1, -0.05) is 13.8 Å². The molecule has 0 amide bonds. The molecule has 6 rings (SSSR count). The van der Waals surface area contributed by atoms with Crippen LogP contribution in [-0.2, 0) is 6.42 Å². The summed E-state index contributed by atoms with van der Waals surface area (Å²) in [4.78, 5) is 6.74. The number of nitrogens with two attached hydrogens (primary N) is 1. The molecule has 3 aliphatic rings. The molecular weight excluding hydrogens is 529 g/mol. The Kier molecular flexibility index (Phi) is 6.53. The second-order valence-electron chi connectivity index (χ2n) is 12.0. The first-order valence-electron chi connectivity index (χ1n) is 13.8. The van der Waals surface area contributed by atoms with Gasteiger partial charge in [0.25, 0.3) is 0 Å². The van der Waals surface area contributed by atoms with E-state index in [-0.39, 0.29) is 29.3 Å². The summed E-state index contributed by atoms with van der Waals surface area (Å²) in [7, 11) is 3.99. The zero-order valence-corrected chi connectivity index (χ0v) is 23.0. The van der Waals surface area contributed by atoms with Crippen molar-refractivity contribution in [2.24, 2.45) is 11.8 Å². The molecule has 1 aromatic carbocycles. The number of nitrogen functional groups attached to an aromatic ring is 1. The van der Waals surface area contributed by atoms with E-state index in [2.05, 4.69) is 24.5 Å². The van der Waals surface area contributed by atoms with E-state index in [0.29, 0.717) is 29.5 Å². The zero-order chi connectivity index (χ0) is 28.7. The Bertz CT molecular complexity index is 1470. The lowest BCUT2D eigenvalue weighted by atomic mass is 9.95. The number of halogens is 5. The van der Waals surface area contributed by atoms with Crippen molar-refractivity contribution in [3.05, 3.63) is 40.7 Å². The molecular formula is C29H34F5N5O. The normalized spacial score (nSPS) is 22.5. The second-order valence-corrected chi connectivity index (χ2v) is 12.0. The number of benzene rings is 1. The Balaban J connectivity index is 1.67. The molecule has 0 radical (unpaired) electrons. The largest absolute Gasteiger partial charge is 0.573 e. The molecule has 0 bridgehead atoms. The van der Waals surface area contributed by atoms with Gasteiger partial charge in [-0.15, -0.1) is 13.2 Å². The van der Waals surface area contributed by atoms with E-state index < -0.39 is 29.3 Å². The minimum atomic E-state index is -5.19. The van der Waals surface area contributed by atoms with Gasteiger partial charge in [-0.2, -0.15) is 0 Å². The molecule has 1 aliphatic heterocycles. The number of ether oxygens (including phenoxy) is 1. The fourth-order valence-corrected chi connectivity index (χ4v) is 6.60. The molecule has 2 saturated carbocycles. The first-order valence-corrected chi connectivity index (χ1v) is 13.8. The second kappa shape index (κ2) is 9.58. The summed E-state index contributed by atoms with van der Waals surface area (Å²) >= 11 is 0. The van der Waals surface area contributed by atoms with E-state index in [1.165, 1.54) is 0 Å². The van der Waals surface area contributed by atoms with Crippen molar-refractivity contribution in [3.8, 4) is 17.0 Å². The minimum absolute atomic E-state index is 0.0957. The number of rotatable bonds is 8. The van der Waals surface area contributed by atoms with E-state index in [0.717, 1.165) is 61.3 Å². The maximum atomic E-state index is 16.9. The summed E-state index contributed by atoms with van der Waals surface area (Å²) in [6.45, 7) is 6.45.